The molecule has 5 heteroatoms. The standard InChI is InChI=1S/C21H30N2O3/c24-20(18-7-13-25-15-18)23-11-9-21(17-23)8-4-10-22(16-21)12-14-26-19-5-2-1-3-6-19/h1-3,5-6,18H,4,7-17H2/t18-,21-/m0/s1. The summed E-state index contributed by atoms with van der Waals surface area (Å²) in [5.41, 5.74) is 0.292. The molecule has 2 atom stereocenters. The molecule has 26 heavy (non-hydrogen) atoms. The summed E-state index contributed by atoms with van der Waals surface area (Å²) in [5, 5.41) is 0. The number of hydrogen-bond donors (Lipinski definition) is 0. The van der Waals surface area contributed by atoms with E-state index in [0.29, 0.717) is 17.9 Å². The molecule has 0 aliphatic carbocycles. The maximum absolute atomic E-state index is 12.7. The van der Waals surface area contributed by atoms with E-state index in [4.69, 9.17) is 9.47 Å². The third-order valence-electron chi connectivity index (χ3n) is 6.19. The van der Waals surface area contributed by atoms with Crippen LogP contribution in [0.15, 0.2) is 30.3 Å². The fraction of sp³-hybridized carbons (Fsp3) is 0.667. The van der Waals surface area contributed by atoms with Gasteiger partial charge in [0.15, 0.2) is 0 Å². The van der Waals surface area contributed by atoms with Crippen molar-refractivity contribution in [1.82, 2.24) is 9.80 Å². The number of carbonyl (C=O) groups excluding carboxylic acids is 1. The van der Waals surface area contributed by atoms with E-state index in [1.54, 1.807) is 0 Å². The maximum atomic E-state index is 12.7. The number of nitrogens with zero attached hydrogens (tertiary/aromatic N) is 2. The zero-order valence-corrected chi connectivity index (χ0v) is 15.6. The number of likely N-dealkylation sites (tertiary alicyclic amines) is 2. The van der Waals surface area contributed by atoms with Crippen LogP contribution in [0.3, 0.4) is 0 Å². The number of para-hydroxylation sites is 1. The van der Waals surface area contributed by atoms with Crippen molar-refractivity contribution >= 4 is 5.91 Å². The molecule has 1 spiro atoms. The molecular formula is C21H30N2O3. The van der Waals surface area contributed by atoms with Crippen molar-refractivity contribution in [2.45, 2.75) is 25.7 Å². The van der Waals surface area contributed by atoms with Crippen LogP contribution >= 0.6 is 0 Å². The molecule has 142 valence electrons. The van der Waals surface area contributed by atoms with Crippen LogP contribution in [-0.2, 0) is 9.53 Å². The second-order valence-electron chi connectivity index (χ2n) is 8.11. The van der Waals surface area contributed by atoms with E-state index in [1.165, 1.54) is 12.8 Å². The van der Waals surface area contributed by atoms with Gasteiger partial charge in [-0.05, 0) is 44.4 Å². The summed E-state index contributed by atoms with van der Waals surface area (Å²) in [6.07, 6.45) is 4.50. The molecule has 1 aromatic rings. The van der Waals surface area contributed by atoms with Crippen LogP contribution in [0.1, 0.15) is 25.7 Å². The molecule has 5 nitrogen and oxygen atoms in total. The first-order valence-electron chi connectivity index (χ1n) is 10.0. The first-order valence-corrected chi connectivity index (χ1v) is 10.0. The molecule has 0 unspecified atom stereocenters. The van der Waals surface area contributed by atoms with Gasteiger partial charge in [-0.2, -0.15) is 0 Å². The molecule has 1 aromatic carbocycles. The Bertz CT molecular complexity index is 603. The van der Waals surface area contributed by atoms with Crippen LogP contribution in [0.4, 0.5) is 0 Å². The summed E-state index contributed by atoms with van der Waals surface area (Å²) in [7, 11) is 0. The lowest BCUT2D eigenvalue weighted by molar-refractivity contribution is -0.135. The zero-order chi connectivity index (χ0) is 17.8. The Balaban J connectivity index is 1.27. The average Bonchev–Trinajstić information content (AvgIpc) is 3.33. The number of carbonyl (C=O) groups is 1. The summed E-state index contributed by atoms with van der Waals surface area (Å²) >= 11 is 0. The predicted octanol–water partition coefficient (Wildman–Crippen LogP) is 2.42. The molecule has 3 saturated heterocycles. The van der Waals surface area contributed by atoms with E-state index in [2.05, 4.69) is 9.80 Å². The van der Waals surface area contributed by atoms with Gasteiger partial charge in [-0.15, -0.1) is 0 Å². The molecule has 0 N–H and O–H groups in total. The van der Waals surface area contributed by atoms with Crippen LogP contribution in [0, 0.1) is 11.3 Å². The van der Waals surface area contributed by atoms with Gasteiger partial charge in [-0.1, -0.05) is 18.2 Å². The second kappa shape index (κ2) is 7.97. The summed E-state index contributed by atoms with van der Waals surface area (Å²) < 4.78 is 11.3. The topological polar surface area (TPSA) is 42.0 Å². The Hall–Kier alpha value is -1.59. The second-order valence-corrected chi connectivity index (χ2v) is 8.11. The van der Waals surface area contributed by atoms with Gasteiger partial charge in [0.1, 0.15) is 12.4 Å². The Morgan fingerprint density at radius 3 is 2.88 bits per heavy atom. The molecule has 3 aliphatic heterocycles. The minimum absolute atomic E-state index is 0.101. The largest absolute Gasteiger partial charge is 0.492 e. The minimum atomic E-state index is 0.101. The van der Waals surface area contributed by atoms with E-state index in [9.17, 15) is 4.79 Å². The number of rotatable bonds is 5. The van der Waals surface area contributed by atoms with Crippen LogP contribution in [0.25, 0.3) is 0 Å². The van der Waals surface area contributed by atoms with Gasteiger partial charge < -0.3 is 14.4 Å². The van der Waals surface area contributed by atoms with Crippen molar-refractivity contribution in [3.8, 4) is 5.75 Å². The van der Waals surface area contributed by atoms with Gasteiger partial charge in [0, 0.05) is 38.2 Å². The predicted molar refractivity (Wildman–Crippen MR) is 100 cm³/mol. The number of ether oxygens (including phenoxy) is 2. The molecule has 4 rings (SSSR count). The summed E-state index contributed by atoms with van der Waals surface area (Å²) in [5.74, 6) is 1.36. The van der Waals surface area contributed by atoms with E-state index < -0.39 is 0 Å². The Kier molecular flexibility index (Phi) is 5.46. The highest BCUT2D eigenvalue weighted by molar-refractivity contribution is 5.79. The minimum Gasteiger partial charge on any atom is -0.492 e. The fourth-order valence-corrected chi connectivity index (χ4v) is 4.75. The molecular weight excluding hydrogens is 328 g/mol. The van der Waals surface area contributed by atoms with Crippen molar-refractivity contribution < 1.29 is 14.3 Å². The Morgan fingerprint density at radius 1 is 1.19 bits per heavy atom. The van der Waals surface area contributed by atoms with Crippen molar-refractivity contribution in [3.05, 3.63) is 30.3 Å². The van der Waals surface area contributed by atoms with Gasteiger partial charge in [0.05, 0.1) is 12.5 Å². The zero-order valence-electron chi connectivity index (χ0n) is 15.6. The first kappa shape index (κ1) is 17.8. The van der Waals surface area contributed by atoms with Crippen molar-refractivity contribution in [2.24, 2.45) is 11.3 Å². The van der Waals surface area contributed by atoms with Crippen molar-refractivity contribution in [1.29, 1.82) is 0 Å². The lowest BCUT2D eigenvalue weighted by Crippen LogP contribution is -2.47. The quantitative estimate of drug-likeness (QED) is 0.811. The third kappa shape index (κ3) is 4.04. The maximum Gasteiger partial charge on any atom is 0.228 e. The molecule has 0 radical (unpaired) electrons. The van der Waals surface area contributed by atoms with Crippen molar-refractivity contribution in [3.63, 3.8) is 0 Å². The molecule has 3 heterocycles. The molecule has 3 aliphatic rings. The number of benzene rings is 1. The molecule has 0 bridgehead atoms. The monoisotopic (exact) mass is 358 g/mol. The molecule has 0 saturated carbocycles. The van der Waals surface area contributed by atoms with Crippen LogP contribution in [-0.4, -0.2) is 68.3 Å². The van der Waals surface area contributed by atoms with Crippen LogP contribution in [0.2, 0.25) is 0 Å². The van der Waals surface area contributed by atoms with E-state index in [1.807, 2.05) is 30.3 Å². The third-order valence-corrected chi connectivity index (χ3v) is 6.19. The molecule has 0 aromatic heterocycles. The van der Waals surface area contributed by atoms with E-state index in [-0.39, 0.29) is 5.92 Å². The SMILES string of the molecule is O=C([C@H]1CCOC1)N1CC[C@]2(CCCN(CCOc3ccccc3)C2)C1. The lowest BCUT2D eigenvalue weighted by Gasteiger charge is -2.40. The van der Waals surface area contributed by atoms with Gasteiger partial charge in [-0.3, -0.25) is 9.69 Å². The van der Waals surface area contributed by atoms with Gasteiger partial charge in [-0.25, -0.2) is 0 Å². The summed E-state index contributed by atoms with van der Waals surface area (Å²) in [4.78, 5) is 17.3. The number of piperidine rings is 1. The highest BCUT2D eigenvalue weighted by Gasteiger charge is 2.44. The van der Waals surface area contributed by atoms with Crippen LogP contribution in [0.5, 0.6) is 5.75 Å². The average molecular weight is 358 g/mol. The lowest BCUT2D eigenvalue weighted by atomic mass is 9.79. The molecule has 3 fully saturated rings. The van der Waals surface area contributed by atoms with Crippen molar-refractivity contribution in [2.75, 3.05) is 52.5 Å². The number of hydrogen-bond acceptors (Lipinski definition) is 4. The first-order chi connectivity index (χ1) is 12.7. The Morgan fingerprint density at radius 2 is 2.08 bits per heavy atom. The highest BCUT2D eigenvalue weighted by atomic mass is 16.5. The normalized spacial score (nSPS) is 29.4. The summed E-state index contributed by atoms with van der Waals surface area (Å²) in [6, 6.07) is 10.0. The fourth-order valence-electron chi connectivity index (χ4n) is 4.75. The van der Waals surface area contributed by atoms with E-state index in [0.717, 1.165) is 64.5 Å². The van der Waals surface area contributed by atoms with Gasteiger partial charge >= 0.3 is 0 Å². The highest BCUT2D eigenvalue weighted by Crippen LogP contribution is 2.39. The van der Waals surface area contributed by atoms with Gasteiger partial charge in [0.25, 0.3) is 0 Å². The smallest absolute Gasteiger partial charge is 0.228 e. The van der Waals surface area contributed by atoms with Gasteiger partial charge in [0.2, 0.25) is 5.91 Å². The number of amides is 1. The van der Waals surface area contributed by atoms with E-state index >= 15 is 0 Å². The van der Waals surface area contributed by atoms with Crippen LogP contribution < -0.4 is 4.74 Å². The summed E-state index contributed by atoms with van der Waals surface area (Å²) in [6.45, 7) is 7.13. The Labute approximate surface area is 156 Å². The molecule has 1 amide bonds.